The normalized spacial score (nSPS) is 14.6. The third kappa shape index (κ3) is 4.05. The molecule has 5 heteroatoms. The number of fused-ring (bicyclic) bond motifs is 1. The van der Waals surface area contributed by atoms with Gasteiger partial charge in [0, 0.05) is 17.8 Å². The van der Waals surface area contributed by atoms with Gasteiger partial charge in [-0.05, 0) is 55.6 Å². The maximum Gasteiger partial charge on any atom is 0.258 e. The third-order valence-corrected chi connectivity index (χ3v) is 4.73. The molecule has 2 N–H and O–H groups in total. The Hall–Kier alpha value is -3.44. The molecule has 0 aliphatic carbocycles. The quantitative estimate of drug-likeness (QED) is 0.617. The second-order valence-electron chi connectivity index (χ2n) is 7.32. The van der Waals surface area contributed by atoms with E-state index in [0.29, 0.717) is 22.5 Å². The second kappa shape index (κ2) is 7.89. The van der Waals surface area contributed by atoms with Crippen LogP contribution in [0.5, 0.6) is 0 Å². The van der Waals surface area contributed by atoms with E-state index in [9.17, 15) is 9.18 Å². The van der Waals surface area contributed by atoms with Crippen LogP contribution < -0.4 is 10.6 Å². The van der Waals surface area contributed by atoms with Crippen molar-refractivity contribution in [3.8, 4) is 0 Å². The van der Waals surface area contributed by atoms with E-state index < -0.39 is 0 Å². The number of benzene rings is 3. The highest BCUT2D eigenvalue weighted by Gasteiger charge is 2.28. The first-order chi connectivity index (χ1) is 14.0. The number of rotatable bonds is 5. The first-order valence-corrected chi connectivity index (χ1v) is 9.43. The van der Waals surface area contributed by atoms with Gasteiger partial charge in [0.05, 0.1) is 17.0 Å². The van der Waals surface area contributed by atoms with Crippen molar-refractivity contribution < 1.29 is 9.18 Å². The summed E-state index contributed by atoms with van der Waals surface area (Å²) in [5.41, 5.74) is 5.30. The molecule has 0 aromatic heterocycles. The third-order valence-electron chi connectivity index (χ3n) is 4.73. The molecule has 0 unspecified atom stereocenters. The van der Waals surface area contributed by atoms with E-state index >= 15 is 0 Å². The number of halogens is 1. The molecule has 1 aliphatic rings. The Morgan fingerprint density at radius 3 is 2.55 bits per heavy atom. The van der Waals surface area contributed by atoms with Crippen LogP contribution in [0, 0.1) is 5.82 Å². The average Bonchev–Trinajstić information content (AvgIpc) is 3.01. The van der Waals surface area contributed by atoms with Gasteiger partial charge in [0.15, 0.2) is 0 Å². The topological polar surface area (TPSA) is 44.4 Å². The highest BCUT2D eigenvalue weighted by atomic mass is 19.1. The number of carbonyl (C=O) groups excluding carboxylic acids is 1. The Labute approximate surface area is 169 Å². The van der Waals surface area contributed by atoms with Gasteiger partial charge in [-0.3, -0.25) is 4.79 Å². The van der Waals surface area contributed by atoms with Gasteiger partial charge < -0.3 is 15.5 Å². The van der Waals surface area contributed by atoms with Gasteiger partial charge in [-0.2, -0.15) is 0 Å². The van der Waals surface area contributed by atoms with E-state index in [2.05, 4.69) is 27.7 Å². The molecular weight excluding hydrogens is 365 g/mol. The summed E-state index contributed by atoms with van der Waals surface area (Å²) in [6, 6.07) is 22.2. The van der Waals surface area contributed by atoms with Crippen LogP contribution in [0.3, 0.4) is 0 Å². The summed E-state index contributed by atoms with van der Waals surface area (Å²) in [5.74, 6) is -0.627. The van der Waals surface area contributed by atoms with E-state index in [1.165, 1.54) is 12.1 Å². The number of carbonyl (C=O) groups is 1. The fraction of sp³-hybridized carbons (Fsp3) is 0.125. The predicted octanol–water partition coefficient (Wildman–Crippen LogP) is 4.82. The molecule has 3 aromatic carbocycles. The highest BCUT2D eigenvalue weighted by Crippen LogP contribution is 2.37. The monoisotopic (exact) mass is 387 g/mol. The molecular formula is C24H22FN3O. The summed E-state index contributed by atoms with van der Waals surface area (Å²) in [6.45, 7) is 0.815. The van der Waals surface area contributed by atoms with Crippen molar-refractivity contribution >= 4 is 28.6 Å². The number of hydrogen-bond acceptors (Lipinski definition) is 3. The Morgan fingerprint density at radius 2 is 1.79 bits per heavy atom. The standard InChI is InChI=1S/C24H22FN3O/c1-28(2)15-16-7-6-10-19(13-16)26-23(17-8-4-3-5-9-17)22-20-12-11-18(25)14-21(20)27-24(22)29/h3-14,26H,15H2,1-2H3,(H,27,29). The van der Waals surface area contributed by atoms with Crippen molar-refractivity contribution in [1.29, 1.82) is 0 Å². The van der Waals surface area contributed by atoms with Gasteiger partial charge in [-0.15, -0.1) is 0 Å². The molecule has 3 aromatic rings. The van der Waals surface area contributed by atoms with Crippen LogP contribution >= 0.6 is 0 Å². The van der Waals surface area contributed by atoms with Crippen LogP contribution in [0.2, 0.25) is 0 Å². The van der Waals surface area contributed by atoms with Gasteiger partial charge in [0.25, 0.3) is 5.91 Å². The lowest BCUT2D eigenvalue weighted by Gasteiger charge is -2.16. The molecule has 0 fully saturated rings. The van der Waals surface area contributed by atoms with E-state index in [1.807, 2.05) is 56.6 Å². The van der Waals surface area contributed by atoms with Crippen LogP contribution in [-0.4, -0.2) is 24.9 Å². The number of nitrogens with zero attached hydrogens (tertiary/aromatic N) is 1. The SMILES string of the molecule is CN(C)Cc1cccc(NC(=C2C(=O)Nc3cc(F)ccc32)c2ccccc2)c1. The second-order valence-corrected chi connectivity index (χ2v) is 7.32. The lowest BCUT2D eigenvalue weighted by Crippen LogP contribution is -2.12. The van der Waals surface area contributed by atoms with Gasteiger partial charge >= 0.3 is 0 Å². The lowest BCUT2D eigenvalue weighted by molar-refractivity contribution is -0.110. The van der Waals surface area contributed by atoms with Gasteiger partial charge in [0.2, 0.25) is 0 Å². The molecule has 29 heavy (non-hydrogen) atoms. The molecule has 4 nitrogen and oxygen atoms in total. The molecule has 1 aliphatic heterocycles. The molecule has 4 rings (SSSR count). The molecule has 0 bridgehead atoms. The largest absolute Gasteiger partial charge is 0.354 e. The minimum atomic E-state index is -0.379. The van der Waals surface area contributed by atoms with Crippen LogP contribution in [0.25, 0.3) is 11.3 Å². The average molecular weight is 387 g/mol. The van der Waals surface area contributed by atoms with E-state index in [0.717, 1.165) is 23.4 Å². The Balaban J connectivity index is 1.83. The zero-order chi connectivity index (χ0) is 20.4. The van der Waals surface area contributed by atoms with Crippen molar-refractivity contribution in [2.24, 2.45) is 0 Å². The van der Waals surface area contributed by atoms with Crippen LogP contribution in [0.1, 0.15) is 16.7 Å². The summed E-state index contributed by atoms with van der Waals surface area (Å²) >= 11 is 0. The van der Waals surface area contributed by atoms with Crippen molar-refractivity contribution in [3.05, 3.63) is 95.3 Å². The van der Waals surface area contributed by atoms with Crippen LogP contribution in [0.15, 0.2) is 72.8 Å². The van der Waals surface area contributed by atoms with E-state index in [1.54, 1.807) is 6.07 Å². The molecule has 1 heterocycles. The van der Waals surface area contributed by atoms with Crippen molar-refractivity contribution in [2.75, 3.05) is 24.7 Å². The minimum absolute atomic E-state index is 0.249. The molecule has 0 spiro atoms. The maximum absolute atomic E-state index is 13.6. The maximum atomic E-state index is 13.6. The predicted molar refractivity (Wildman–Crippen MR) is 116 cm³/mol. The molecule has 0 radical (unpaired) electrons. The molecule has 0 saturated carbocycles. The minimum Gasteiger partial charge on any atom is -0.354 e. The zero-order valence-corrected chi connectivity index (χ0v) is 16.4. The van der Waals surface area contributed by atoms with Crippen LogP contribution in [-0.2, 0) is 11.3 Å². The summed E-state index contributed by atoms with van der Waals surface area (Å²) < 4.78 is 13.6. The summed E-state index contributed by atoms with van der Waals surface area (Å²) in [6.07, 6.45) is 0. The fourth-order valence-electron chi connectivity index (χ4n) is 3.53. The Kier molecular flexibility index (Phi) is 5.14. The van der Waals surface area contributed by atoms with Crippen LogP contribution in [0.4, 0.5) is 15.8 Å². The Morgan fingerprint density at radius 1 is 1.00 bits per heavy atom. The lowest BCUT2D eigenvalue weighted by atomic mass is 10.00. The van der Waals surface area contributed by atoms with Gasteiger partial charge in [-0.1, -0.05) is 42.5 Å². The number of amides is 1. The van der Waals surface area contributed by atoms with E-state index in [4.69, 9.17) is 0 Å². The highest BCUT2D eigenvalue weighted by molar-refractivity contribution is 6.37. The van der Waals surface area contributed by atoms with Crippen molar-refractivity contribution in [2.45, 2.75) is 6.54 Å². The summed E-state index contributed by atoms with van der Waals surface area (Å²) in [7, 11) is 4.05. The Bertz CT molecular complexity index is 1090. The summed E-state index contributed by atoms with van der Waals surface area (Å²) in [4.78, 5) is 14.9. The zero-order valence-electron chi connectivity index (χ0n) is 16.4. The van der Waals surface area contributed by atoms with Gasteiger partial charge in [0.1, 0.15) is 5.82 Å². The summed E-state index contributed by atoms with van der Waals surface area (Å²) in [5, 5.41) is 6.22. The smallest absolute Gasteiger partial charge is 0.258 e. The first-order valence-electron chi connectivity index (χ1n) is 9.43. The van der Waals surface area contributed by atoms with Crippen molar-refractivity contribution in [3.63, 3.8) is 0 Å². The number of nitrogens with one attached hydrogen (secondary N) is 2. The molecule has 146 valence electrons. The van der Waals surface area contributed by atoms with Gasteiger partial charge in [-0.25, -0.2) is 4.39 Å². The molecule has 0 saturated heterocycles. The molecule has 0 atom stereocenters. The number of hydrogen-bond donors (Lipinski definition) is 2. The molecule has 1 amide bonds. The van der Waals surface area contributed by atoms with E-state index in [-0.39, 0.29) is 11.7 Å². The number of anilines is 2. The first kappa shape index (κ1) is 18.9. The van der Waals surface area contributed by atoms with Crippen molar-refractivity contribution in [1.82, 2.24) is 4.90 Å². The fourth-order valence-corrected chi connectivity index (χ4v) is 3.53.